The lowest BCUT2D eigenvalue weighted by Gasteiger charge is -2.31. The molecule has 5 rings (SSSR count). The number of likely N-dealkylation sites (N-methyl/N-ethyl adjacent to an activating group) is 1. The van der Waals surface area contributed by atoms with Crippen molar-refractivity contribution in [1.29, 1.82) is 0 Å². The summed E-state index contributed by atoms with van der Waals surface area (Å²) in [6.07, 6.45) is 0. The van der Waals surface area contributed by atoms with Crippen molar-refractivity contribution in [2.24, 2.45) is 0 Å². The van der Waals surface area contributed by atoms with Crippen molar-refractivity contribution in [1.82, 2.24) is 9.88 Å². The molecule has 0 atom stereocenters. The zero-order valence-electron chi connectivity index (χ0n) is 16.9. The monoisotopic (exact) mass is 479 g/mol. The molecule has 9 heteroatoms. The number of nitrogens with zero attached hydrogens (tertiary/aromatic N) is 3. The third kappa shape index (κ3) is 4.11. The summed E-state index contributed by atoms with van der Waals surface area (Å²) in [5, 5.41) is 1.59. The molecule has 0 spiro atoms. The van der Waals surface area contributed by atoms with Crippen molar-refractivity contribution >= 4 is 62.5 Å². The standard InChI is InChI=1S/C22H21N3O3S.2ClH/c1-24-12-14-25(15-13-24)22-23-21-18(28-22)9-5-11-20(21)29(26,27)19-10-4-7-16-6-2-3-8-17(16)19;;/h2-11H,12-15H2,1H3;2*1H. The van der Waals surface area contributed by atoms with Crippen LogP contribution in [0.5, 0.6) is 0 Å². The number of rotatable bonds is 3. The summed E-state index contributed by atoms with van der Waals surface area (Å²) < 4.78 is 33.1. The van der Waals surface area contributed by atoms with Crippen LogP contribution in [0.25, 0.3) is 21.9 Å². The average Bonchev–Trinajstić information content (AvgIpc) is 3.18. The summed E-state index contributed by atoms with van der Waals surface area (Å²) in [6.45, 7) is 3.43. The van der Waals surface area contributed by atoms with Crippen molar-refractivity contribution < 1.29 is 12.8 Å². The van der Waals surface area contributed by atoms with Gasteiger partial charge in [-0.25, -0.2) is 8.42 Å². The summed E-state index contributed by atoms with van der Waals surface area (Å²) in [7, 11) is -1.69. The smallest absolute Gasteiger partial charge is 0.298 e. The highest BCUT2D eigenvalue weighted by molar-refractivity contribution is 7.92. The molecule has 4 aromatic rings. The van der Waals surface area contributed by atoms with E-state index in [1.165, 1.54) is 0 Å². The summed E-state index contributed by atoms with van der Waals surface area (Å²) in [5.74, 6) is 0. The van der Waals surface area contributed by atoms with E-state index < -0.39 is 9.84 Å². The number of hydrogen-bond donors (Lipinski definition) is 0. The molecule has 0 unspecified atom stereocenters. The number of hydrogen-bond acceptors (Lipinski definition) is 6. The maximum atomic E-state index is 13.6. The van der Waals surface area contributed by atoms with Crippen LogP contribution >= 0.6 is 24.8 Å². The van der Waals surface area contributed by atoms with Gasteiger partial charge >= 0.3 is 0 Å². The van der Waals surface area contributed by atoms with Gasteiger partial charge in [0.15, 0.2) is 5.58 Å². The first-order valence-corrected chi connectivity index (χ1v) is 11.1. The molecule has 1 saturated heterocycles. The Morgan fingerprint density at radius 1 is 0.839 bits per heavy atom. The molecule has 0 aliphatic carbocycles. The molecular weight excluding hydrogens is 457 g/mol. The van der Waals surface area contributed by atoms with E-state index in [1.807, 2.05) is 30.3 Å². The summed E-state index contributed by atoms with van der Waals surface area (Å²) in [4.78, 5) is 9.37. The van der Waals surface area contributed by atoms with Crippen LogP contribution in [0.1, 0.15) is 0 Å². The molecular formula is C22H23Cl2N3O3S. The molecule has 3 aromatic carbocycles. The van der Waals surface area contributed by atoms with E-state index in [0.29, 0.717) is 22.5 Å². The van der Waals surface area contributed by atoms with Crippen molar-refractivity contribution in [2.75, 3.05) is 38.1 Å². The number of piperazine rings is 1. The molecule has 164 valence electrons. The van der Waals surface area contributed by atoms with Gasteiger partial charge in [-0.05, 0) is 30.6 Å². The van der Waals surface area contributed by atoms with Gasteiger partial charge in [-0.2, -0.15) is 4.98 Å². The van der Waals surface area contributed by atoms with Crippen LogP contribution in [-0.2, 0) is 9.84 Å². The van der Waals surface area contributed by atoms with Crippen LogP contribution in [0, 0.1) is 0 Å². The molecule has 0 amide bonds. The van der Waals surface area contributed by atoms with Gasteiger partial charge in [-0.15, -0.1) is 24.8 Å². The van der Waals surface area contributed by atoms with Crippen LogP contribution in [0.3, 0.4) is 0 Å². The Morgan fingerprint density at radius 3 is 2.26 bits per heavy atom. The summed E-state index contributed by atoms with van der Waals surface area (Å²) in [6, 6.07) is 18.4. The highest BCUT2D eigenvalue weighted by Gasteiger charge is 2.26. The molecule has 31 heavy (non-hydrogen) atoms. The Labute approximate surface area is 193 Å². The third-order valence-electron chi connectivity index (χ3n) is 5.47. The first kappa shape index (κ1) is 23.3. The van der Waals surface area contributed by atoms with E-state index in [2.05, 4.69) is 21.8 Å². The van der Waals surface area contributed by atoms with Crippen LogP contribution in [-0.4, -0.2) is 51.5 Å². The van der Waals surface area contributed by atoms with Crippen molar-refractivity contribution in [3.05, 3.63) is 60.7 Å². The normalized spacial score (nSPS) is 14.9. The van der Waals surface area contributed by atoms with Crippen LogP contribution in [0.4, 0.5) is 6.01 Å². The zero-order valence-corrected chi connectivity index (χ0v) is 19.3. The molecule has 0 bridgehead atoms. The average molecular weight is 480 g/mol. The second kappa shape index (κ2) is 9.04. The number of oxazole rings is 1. The number of sulfone groups is 1. The van der Waals surface area contributed by atoms with E-state index in [-0.39, 0.29) is 34.6 Å². The summed E-state index contributed by atoms with van der Waals surface area (Å²) in [5.41, 5.74) is 0.870. The maximum Gasteiger partial charge on any atom is 0.298 e. The molecule has 0 saturated carbocycles. The van der Waals surface area contributed by atoms with Gasteiger partial charge in [0.2, 0.25) is 9.84 Å². The van der Waals surface area contributed by atoms with E-state index in [9.17, 15) is 8.42 Å². The number of anilines is 1. The highest BCUT2D eigenvalue weighted by Crippen LogP contribution is 2.33. The number of para-hydroxylation sites is 1. The topological polar surface area (TPSA) is 66.7 Å². The Hall–Kier alpha value is -2.32. The fourth-order valence-corrected chi connectivity index (χ4v) is 5.44. The zero-order chi connectivity index (χ0) is 20.0. The van der Waals surface area contributed by atoms with Crippen LogP contribution in [0.2, 0.25) is 0 Å². The Morgan fingerprint density at radius 2 is 1.48 bits per heavy atom. The van der Waals surface area contributed by atoms with Gasteiger partial charge in [-0.3, -0.25) is 0 Å². The van der Waals surface area contributed by atoms with E-state index in [0.717, 1.165) is 31.6 Å². The first-order chi connectivity index (χ1) is 14.0. The van der Waals surface area contributed by atoms with Crippen molar-refractivity contribution in [3.63, 3.8) is 0 Å². The molecule has 1 fully saturated rings. The van der Waals surface area contributed by atoms with Gasteiger partial charge in [-0.1, -0.05) is 42.5 Å². The third-order valence-corrected chi connectivity index (χ3v) is 7.32. The second-order valence-corrected chi connectivity index (χ2v) is 9.26. The fourth-order valence-electron chi connectivity index (χ4n) is 3.81. The predicted octanol–water partition coefficient (Wildman–Crippen LogP) is 4.41. The molecule has 2 heterocycles. The molecule has 6 nitrogen and oxygen atoms in total. The lowest BCUT2D eigenvalue weighted by molar-refractivity contribution is 0.305. The lowest BCUT2D eigenvalue weighted by atomic mass is 10.1. The van der Waals surface area contributed by atoms with E-state index in [4.69, 9.17) is 4.42 Å². The molecule has 0 radical (unpaired) electrons. The molecule has 1 aromatic heterocycles. The largest absolute Gasteiger partial charge is 0.423 e. The lowest BCUT2D eigenvalue weighted by Crippen LogP contribution is -2.44. The van der Waals surface area contributed by atoms with Gasteiger partial charge in [0.05, 0.1) is 4.90 Å². The Kier molecular flexibility index (Phi) is 6.81. The van der Waals surface area contributed by atoms with Crippen molar-refractivity contribution in [2.45, 2.75) is 9.79 Å². The van der Waals surface area contributed by atoms with Crippen LogP contribution in [0.15, 0.2) is 74.9 Å². The van der Waals surface area contributed by atoms with Gasteiger partial charge in [0.1, 0.15) is 10.4 Å². The molecule has 0 N–H and O–H groups in total. The predicted molar refractivity (Wildman–Crippen MR) is 128 cm³/mol. The minimum Gasteiger partial charge on any atom is -0.423 e. The quantitative estimate of drug-likeness (QED) is 0.433. The van der Waals surface area contributed by atoms with E-state index in [1.54, 1.807) is 30.3 Å². The van der Waals surface area contributed by atoms with Crippen molar-refractivity contribution in [3.8, 4) is 0 Å². The highest BCUT2D eigenvalue weighted by atomic mass is 35.5. The van der Waals surface area contributed by atoms with Gasteiger partial charge in [0.25, 0.3) is 6.01 Å². The SMILES string of the molecule is CN1CCN(c2nc3c(S(=O)(=O)c4cccc5ccccc45)cccc3o2)CC1.Cl.Cl. The molecule has 1 aliphatic heterocycles. The Bertz CT molecular complexity index is 1310. The number of halogens is 2. The molecule has 1 aliphatic rings. The minimum atomic E-state index is -3.77. The first-order valence-electron chi connectivity index (χ1n) is 9.60. The number of benzene rings is 3. The van der Waals surface area contributed by atoms with E-state index >= 15 is 0 Å². The second-order valence-electron chi connectivity index (χ2n) is 7.37. The maximum absolute atomic E-state index is 13.6. The minimum absolute atomic E-state index is 0. The number of aromatic nitrogens is 1. The summed E-state index contributed by atoms with van der Waals surface area (Å²) >= 11 is 0. The Balaban J connectivity index is 0.00000136. The van der Waals surface area contributed by atoms with Gasteiger partial charge in [0, 0.05) is 31.6 Å². The van der Waals surface area contributed by atoms with Crippen LogP contribution < -0.4 is 4.90 Å². The fraction of sp³-hybridized carbons (Fsp3) is 0.227. The van der Waals surface area contributed by atoms with Gasteiger partial charge < -0.3 is 14.2 Å². The number of fused-ring (bicyclic) bond motifs is 2.